The lowest BCUT2D eigenvalue weighted by Gasteiger charge is -2.05. The average Bonchev–Trinajstić information content (AvgIpc) is 2.36. The molecule has 0 bridgehead atoms. The van der Waals surface area contributed by atoms with E-state index >= 15 is 0 Å². The Morgan fingerprint density at radius 2 is 1.82 bits per heavy atom. The lowest BCUT2D eigenvalue weighted by molar-refractivity contribution is 0.711. The third-order valence-electron chi connectivity index (χ3n) is 2.93. The molecule has 0 saturated carbocycles. The normalized spacial score (nSPS) is 9.94. The smallest absolute Gasteiger partial charge is 0.00731 e. The van der Waals surface area contributed by atoms with Crippen LogP contribution in [0.1, 0.15) is 37.3 Å². The van der Waals surface area contributed by atoms with E-state index in [-0.39, 0.29) is 0 Å². The molecule has 0 aromatic heterocycles. The zero-order valence-corrected chi connectivity index (χ0v) is 10.8. The van der Waals surface area contributed by atoms with E-state index in [9.17, 15) is 0 Å². The van der Waals surface area contributed by atoms with Crippen LogP contribution in [0.15, 0.2) is 49.3 Å². The van der Waals surface area contributed by atoms with Gasteiger partial charge in [-0.1, -0.05) is 44.3 Å². The van der Waals surface area contributed by atoms with Gasteiger partial charge in [0.1, 0.15) is 0 Å². The van der Waals surface area contributed by atoms with Crippen LogP contribution in [0, 0.1) is 0 Å². The van der Waals surface area contributed by atoms with E-state index in [4.69, 9.17) is 0 Å². The van der Waals surface area contributed by atoms with Crippen LogP contribution in [0.3, 0.4) is 0 Å². The first kappa shape index (κ1) is 13.6. The molecule has 17 heavy (non-hydrogen) atoms. The SMILES string of the molecule is C=CNC(=C)CCCCc1ccc(CC)cc1. The van der Waals surface area contributed by atoms with E-state index in [0.29, 0.717) is 0 Å². The fourth-order valence-corrected chi connectivity index (χ4v) is 1.83. The molecule has 0 unspecified atom stereocenters. The third-order valence-corrected chi connectivity index (χ3v) is 2.93. The molecular weight excluding hydrogens is 206 g/mol. The van der Waals surface area contributed by atoms with Crippen LogP contribution >= 0.6 is 0 Å². The van der Waals surface area contributed by atoms with Gasteiger partial charge in [-0.25, -0.2) is 0 Å². The summed E-state index contributed by atoms with van der Waals surface area (Å²) in [5, 5.41) is 3.03. The van der Waals surface area contributed by atoms with Gasteiger partial charge in [0.15, 0.2) is 0 Å². The van der Waals surface area contributed by atoms with Gasteiger partial charge in [0.2, 0.25) is 0 Å². The number of unbranched alkanes of at least 4 members (excludes halogenated alkanes) is 1. The highest BCUT2D eigenvalue weighted by molar-refractivity contribution is 5.22. The Hall–Kier alpha value is -1.50. The number of aryl methyl sites for hydroxylation is 2. The molecule has 0 aliphatic carbocycles. The Morgan fingerprint density at radius 3 is 2.41 bits per heavy atom. The maximum atomic E-state index is 3.93. The zero-order chi connectivity index (χ0) is 12.5. The van der Waals surface area contributed by atoms with Gasteiger partial charge >= 0.3 is 0 Å². The van der Waals surface area contributed by atoms with Crippen LogP contribution in [0.25, 0.3) is 0 Å². The van der Waals surface area contributed by atoms with E-state index in [1.807, 2.05) is 0 Å². The fourth-order valence-electron chi connectivity index (χ4n) is 1.83. The Balaban J connectivity index is 2.21. The largest absolute Gasteiger partial charge is 0.366 e. The summed E-state index contributed by atoms with van der Waals surface area (Å²) in [5.74, 6) is 0. The van der Waals surface area contributed by atoms with Gasteiger partial charge in [0.05, 0.1) is 0 Å². The molecule has 1 N–H and O–H groups in total. The maximum Gasteiger partial charge on any atom is 0.00731 e. The van der Waals surface area contributed by atoms with Gasteiger partial charge in [0, 0.05) is 5.70 Å². The highest BCUT2D eigenvalue weighted by Crippen LogP contribution is 2.10. The number of nitrogens with one attached hydrogen (secondary N) is 1. The molecule has 0 aliphatic heterocycles. The Labute approximate surface area is 105 Å². The Morgan fingerprint density at radius 1 is 1.18 bits per heavy atom. The van der Waals surface area contributed by atoms with Gasteiger partial charge in [-0.15, -0.1) is 0 Å². The van der Waals surface area contributed by atoms with Gasteiger partial charge in [-0.2, -0.15) is 0 Å². The van der Waals surface area contributed by atoms with Crippen molar-refractivity contribution in [3.05, 3.63) is 60.4 Å². The van der Waals surface area contributed by atoms with Crippen molar-refractivity contribution in [2.24, 2.45) is 0 Å². The minimum absolute atomic E-state index is 1.03. The minimum atomic E-state index is 1.03. The summed E-state index contributed by atoms with van der Waals surface area (Å²) in [6.07, 6.45) is 7.38. The van der Waals surface area contributed by atoms with Crippen LogP contribution in [-0.4, -0.2) is 0 Å². The number of hydrogen-bond donors (Lipinski definition) is 1. The first-order chi connectivity index (χ1) is 8.26. The van der Waals surface area contributed by atoms with Crippen molar-refractivity contribution in [3.63, 3.8) is 0 Å². The summed E-state index contributed by atoms with van der Waals surface area (Å²) >= 11 is 0. The average molecular weight is 229 g/mol. The Kier molecular flexibility index (Phi) is 6.16. The second-order valence-corrected chi connectivity index (χ2v) is 4.33. The summed E-state index contributed by atoms with van der Waals surface area (Å²) in [5.41, 5.74) is 3.91. The van der Waals surface area contributed by atoms with Crippen molar-refractivity contribution in [1.82, 2.24) is 5.32 Å². The lowest BCUT2D eigenvalue weighted by Crippen LogP contribution is -2.02. The lowest BCUT2D eigenvalue weighted by atomic mass is 10.0. The fraction of sp³-hybridized carbons (Fsp3) is 0.375. The number of benzene rings is 1. The minimum Gasteiger partial charge on any atom is -0.366 e. The van der Waals surface area contributed by atoms with Crippen molar-refractivity contribution in [2.75, 3.05) is 0 Å². The number of hydrogen-bond acceptors (Lipinski definition) is 1. The van der Waals surface area contributed by atoms with Crippen LogP contribution in [-0.2, 0) is 12.8 Å². The van der Waals surface area contributed by atoms with E-state index < -0.39 is 0 Å². The van der Waals surface area contributed by atoms with Gasteiger partial charge < -0.3 is 5.32 Å². The summed E-state index contributed by atoms with van der Waals surface area (Å²) in [6, 6.07) is 8.95. The van der Waals surface area contributed by atoms with Crippen molar-refractivity contribution in [1.29, 1.82) is 0 Å². The standard InChI is InChI=1S/C16H23N/c1-4-15-10-12-16(13-11-15)9-7-6-8-14(3)17-5-2/h5,10-13,17H,2-4,6-9H2,1H3. The molecule has 0 heterocycles. The summed E-state index contributed by atoms with van der Waals surface area (Å²) in [4.78, 5) is 0. The van der Waals surface area contributed by atoms with E-state index in [1.54, 1.807) is 6.20 Å². The maximum absolute atomic E-state index is 3.93. The first-order valence-corrected chi connectivity index (χ1v) is 6.39. The molecule has 0 radical (unpaired) electrons. The molecule has 1 heteroatoms. The quantitative estimate of drug-likeness (QED) is 0.658. The van der Waals surface area contributed by atoms with Crippen LogP contribution < -0.4 is 5.32 Å². The predicted octanol–water partition coefficient (Wildman–Crippen LogP) is 4.21. The van der Waals surface area contributed by atoms with Crippen LogP contribution in [0.4, 0.5) is 0 Å². The Bertz CT molecular complexity index is 348. The van der Waals surface area contributed by atoms with Crippen LogP contribution in [0.2, 0.25) is 0 Å². The molecule has 92 valence electrons. The number of allylic oxidation sites excluding steroid dienone is 1. The second-order valence-electron chi connectivity index (χ2n) is 4.33. The van der Waals surface area contributed by atoms with Gasteiger partial charge in [0.25, 0.3) is 0 Å². The van der Waals surface area contributed by atoms with E-state index in [2.05, 4.69) is 49.7 Å². The molecule has 1 aromatic rings. The molecule has 1 aromatic carbocycles. The van der Waals surface area contributed by atoms with Crippen LogP contribution in [0.5, 0.6) is 0 Å². The molecule has 1 rings (SSSR count). The third kappa shape index (κ3) is 5.39. The van der Waals surface area contributed by atoms with Gasteiger partial charge in [-0.3, -0.25) is 0 Å². The molecule has 0 atom stereocenters. The summed E-state index contributed by atoms with van der Waals surface area (Å²) < 4.78 is 0. The summed E-state index contributed by atoms with van der Waals surface area (Å²) in [7, 11) is 0. The van der Waals surface area contributed by atoms with Crippen molar-refractivity contribution >= 4 is 0 Å². The zero-order valence-electron chi connectivity index (χ0n) is 10.8. The predicted molar refractivity (Wildman–Crippen MR) is 75.8 cm³/mol. The number of rotatable bonds is 8. The molecule has 0 fully saturated rings. The molecule has 1 nitrogen and oxygen atoms in total. The molecule has 0 amide bonds. The molecule has 0 spiro atoms. The second kappa shape index (κ2) is 7.72. The van der Waals surface area contributed by atoms with E-state index in [0.717, 1.165) is 25.0 Å². The monoisotopic (exact) mass is 229 g/mol. The summed E-state index contributed by atoms with van der Waals surface area (Å²) in [6.45, 7) is 9.74. The molecular formula is C16H23N. The topological polar surface area (TPSA) is 12.0 Å². The molecule has 0 saturated heterocycles. The highest BCUT2D eigenvalue weighted by atomic mass is 14.8. The van der Waals surface area contributed by atoms with Gasteiger partial charge in [-0.05, 0) is 49.4 Å². The van der Waals surface area contributed by atoms with Crippen molar-refractivity contribution in [2.45, 2.75) is 39.0 Å². The molecule has 0 aliphatic rings. The van der Waals surface area contributed by atoms with E-state index in [1.165, 1.54) is 24.0 Å². The first-order valence-electron chi connectivity index (χ1n) is 6.39. The van der Waals surface area contributed by atoms with Crippen molar-refractivity contribution < 1.29 is 0 Å². The van der Waals surface area contributed by atoms with Crippen molar-refractivity contribution in [3.8, 4) is 0 Å². The highest BCUT2D eigenvalue weighted by Gasteiger charge is 1.96.